The van der Waals surface area contributed by atoms with Crippen LogP contribution in [0, 0.1) is 0 Å². The van der Waals surface area contributed by atoms with Gasteiger partial charge < -0.3 is 10.2 Å². The van der Waals surface area contributed by atoms with Crippen LogP contribution in [-0.4, -0.2) is 34.4 Å². The van der Waals surface area contributed by atoms with Crippen LogP contribution >= 0.6 is 0 Å². The fourth-order valence-corrected chi connectivity index (χ4v) is 2.07. The van der Waals surface area contributed by atoms with Gasteiger partial charge in [0.15, 0.2) is 12.2 Å². The molecule has 0 aliphatic heterocycles. The lowest BCUT2D eigenvalue weighted by Gasteiger charge is -2.16. The van der Waals surface area contributed by atoms with Gasteiger partial charge in [-0.2, -0.15) is 0 Å². The molecule has 0 aromatic rings. The van der Waals surface area contributed by atoms with E-state index in [1.165, 1.54) is 0 Å². The lowest BCUT2D eigenvalue weighted by atomic mass is 10.1. The van der Waals surface area contributed by atoms with E-state index in [-0.39, 0.29) is 0 Å². The zero-order valence-corrected chi connectivity index (χ0v) is 13.8. The first-order valence-corrected chi connectivity index (χ1v) is 8.30. The Hall–Kier alpha value is -1.14. The first-order valence-electron chi connectivity index (χ1n) is 8.30. The van der Waals surface area contributed by atoms with Gasteiger partial charge in [-0.15, -0.1) is 0 Å². The van der Waals surface area contributed by atoms with Gasteiger partial charge in [0.05, 0.1) is 0 Å². The van der Waals surface area contributed by atoms with Crippen LogP contribution in [0.4, 0.5) is 0 Å². The van der Waals surface area contributed by atoms with Crippen molar-refractivity contribution in [2.75, 3.05) is 0 Å². The maximum atomic E-state index is 11.1. The molecule has 6 nitrogen and oxygen atoms in total. The number of unbranched alkanes of at least 4 members (excludes halogenated alkanes) is 6. The fraction of sp³-hybridized carbons (Fsp3) is 0.875. The van der Waals surface area contributed by atoms with Crippen molar-refractivity contribution in [3.63, 3.8) is 0 Å². The summed E-state index contributed by atoms with van der Waals surface area (Å²) >= 11 is 0. The van der Waals surface area contributed by atoms with Crippen LogP contribution < -0.4 is 0 Å². The smallest absolute Gasteiger partial charge is 0.336 e. The largest absolute Gasteiger partial charge is 0.479 e. The molecule has 130 valence electrons. The van der Waals surface area contributed by atoms with E-state index in [0.717, 1.165) is 51.4 Å². The number of hydrogen-bond donors (Lipinski definition) is 2. The molecular weight excluding hydrogens is 288 g/mol. The number of carboxylic acid groups (broad SMARTS) is 2. The monoisotopic (exact) mass is 318 g/mol. The second-order valence-corrected chi connectivity index (χ2v) is 5.54. The standard InChI is InChI=1S/C16H30O6/c1-3-5-7-9-11-13(15(17)18)21-22-14(16(19)20)12-10-8-6-4-2/h13-14H,3-12H2,1-2H3,(H,17,18)(H,19,20). The zero-order valence-electron chi connectivity index (χ0n) is 13.8. The number of aliphatic carboxylic acids is 2. The highest BCUT2D eigenvalue weighted by Crippen LogP contribution is 2.13. The fourth-order valence-electron chi connectivity index (χ4n) is 2.07. The first kappa shape index (κ1) is 20.9. The summed E-state index contributed by atoms with van der Waals surface area (Å²) in [6.45, 7) is 4.15. The van der Waals surface area contributed by atoms with Gasteiger partial charge in [-0.3, -0.25) is 0 Å². The summed E-state index contributed by atoms with van der Waals surface area (Å²) in [4.78, 5) is 32.0. The average Bonchev–Trinajstić information content (AvgIpc) is 2.47. The highest BCUT2D eigenvalue weighted by atomic mass is 17.2. The third-order valence-electron chi connectivity index (χ3n) is 3.48. The molecule has 0 radical (unpaired) electrons. The van der Waals surface area contributed by atoms with Crippen LogP contribution in [0.15, 0.2) is 0 Å². The Balaban J connectivity index is 4.15. The number of hydrogen-bond acceptors (Lipinski definition) is 4. The minimum atomic E-state index is -1.12. The molecular formula is C16H30O6. The van der Waals surface area contributed by atoms with Gasteiger partial charge in [0, 0.05) is 0 Å². The second-order valence-electron chi connectivity index (χ2n) is 5.54. The summed E-state index contributed by atoms with van der Waals surface area (Å²) in [5, 5.41) is 18.1. The molecule has 2 N–H and O–H groups in total. The molecule has 0 amide bonds. The van der Waals surface area contributed by atoms with Crippen molar-refractivity contribution in [1.29, 1.82) is 0 Å². The van der Waals surface area contributed by atoms with Gasteiger partial charge in [0.2, 0.25) is 0 Å². The third kappa shape index (κ3) is 10.6. The van der Waals surface area contributed by atoms with Crippen molar-refractivity contribution in [2.24, 2.45) is 0 Å². The first-order chi connectivity index (χ1) is 10.5. The molecule has 0 aliphatic rings. The molecule has 0 bridgehead atoms. The molecule has 0 aliphatic carbocycles. The number of carboxylic acids is 2. The molecule has 6 heteroatoms. The maximum Gasteiger partial charge on any atom is 0.336 e. The molecule has 0 heterocycles. The number of carbonyl (C=O) groups is 2. The summed E-state index contributed by atoms with van der Waals surface area (Å²) in [5.74, 6) is -2.24. The molecule has 0 saturated carbocycles. The van der Waals surface area contributed by atoms with Crippen LogP contribution in [-0.2, 0) is 19.4 Å². The average molecular weight is 318 g/mol. The summed E-state index contributed by atoms with van der Waals surface area (Å²) in [5.41, 5.74) is 0. The lowest BCUT2D eigenvalue weighted by Crippen LogP contribution is -2.30. The Bertz CT molecular complexity index is 275. The topological polar surface area (TPSA) is 93.1 Å². The molecule has 0 spiro atoms. The van der Waals surface area contributed by atoms with E-state index in [2.05, 4.69) is 13.8 Å². The van der Waals surface area contributed by atoms with Crippen LogP contribution in [0.5, 0.6) is 0 Å². The highest BCUT2D eigenvalue weighted by molar-refractivity contribution is 5.73. The molecule has 0 aromatic carbocycles. The Morgan fingerprint density at radius 2 is 1.09 bits per heavy atom. The minimum absolute atomic E-state index is 0.331. The van der Waals surface area contributed by atoms with Gasteiger partial charge in [0.1, 0.15) is 0 Å². The Labute approximate surface area is 132 Å². The SMILES string of the molecule is CCCCCCC(OOC(CCCCCC)C(=O)O)C(=O)O. The Morgan fingerprint density at radius 3 is 1.36 bits per heavy atom. The molecule has 0 fully saturated rings. The van der Waals surface area contributed by atoms with E-state index in [1.54, 1.807) is 0 Å². The van der Waals surface area contributed by atoms with Crippen molar-refractivity contribution < 1.29 is 29.6 Å². The molecule has 2 atom stereocenters. The van der Waals surface area contributed by atoms with Crippen LogP contribution in [0.2, 0.25) is 0 Å². The van der Waals surface area contributed by atoms with E-state index in [0.29, 0.717) is 12.8 Å². The predicted molar refractivity (Wildman–Crippen MR) is 82.5 cm³/mol. The van der Waals surface area contributed by atoms with Gasteiger partial charge in [-0.1, -0.05) is 65.2 Å². The van der Waals surface area contributed by atoms with Crippen molar-refractivity contribution in [3.8, 4) is 0 Å². The lowest BCUT2D eigenvalue weighted by molar-refractivity contribution is -0.343. The zero-order chi connectivity index (χ0) is 16.8. The molecule has 2 unspecified atom stereocenters. The van der Waals surface area contributed by atoms with Crippen LogP contribution in [0.1, 0.15) is 78.1 Å². The normalized spacial score (nSPS) is 13.7. The quantitative estimate of drug-likeness (QED) is 0.271. The summed E-state index contributed by atoms with van der Waals surface area (Å²) in [6, 6.07) is 0. The van der Waals surface area contributed by atoms with E-state index in [9.17, 15) is 9.59 Å². The van der Waals surface area contributed by atoms with Gasteiger partial charge in [-0.05, 0) is 12.8 Å². The number of rotatable bonds is 15. The molecule has 0 aromatic heterocycles. The van der Waals surface area contributed by atoms with E-state index >= 15 is 0 Å². The second kappa shape index (κ2) is 13.5. The van der Waals surface area contributed by atoms with Crippen molar-refractivity contribution in [3.05, 3.63) is 0 Å². The van der Waals surface area contributed by atoms with Crippen LogP contribution in [0.25, 0.3) is 0 Å². The van der Waals surface area contributed by atoms with Crippen molar-refractivity contribution >= 4 is 11.9 Å². The van der Waals surface area contributed by atoms with Gasteiger partial charge in [0.25, 0.3) is 0 Å². The third-order valence-corrected chi connectivity index (χ3v) is 3.48. The summed E-state index contributed by atoms with van der Waals surface area (Å²) in [6.07, 6.45) is 5.99. The summed E-state index contributed by atoms with van der Waals surface area (Å²) < 4.78 is 0. The van der Waals surface area contributed by atoms with Gasteiger partial charge >= 0.3 is 11.9 Å². The van der Waals surface area contributed by atoms with Crippen molar-refractivity contribution in [2.45, 2.75) is 90.3 Å². The van der Waals surface area contributed by atoms with Crippen molar-refractivity contribution in [1.82, 2.24) is 0 Å². The Kier molecular flexibility index (Phi) is 12.8. The van der Waals surface area contributed by atoms with E-state index in [4.69, 9.17) is 20.0 Å². The maximum absolute atomic E-state index is 11.1. The van der Waals surface area contributed by atoms with E-state index < -0.39 is 24.1 Å². The molecule has 22 heavy (non-hydrogen) atoms. The Morgan fingerprint density at radius 1 is 0.727 bits per heavy atom. The minimum Gasteiger partial charge on any atom is -0.479 e. The highest BCUT2D eigenvalue weighted by Gasteiger charge is 2.24. The molecule has 0 rings (SSSR count). The predicted octanol–water partition coefficient (Wildman–Crippen LogP) is 3.78. The van der Waals surface area contributed by atoms with E-state index in [1.807, 2.05) is 0 Å². The van der Waals surface area contributed by atoms with Crippen LogP contribution in [0.3, 0.4) is 0 Å². The summed E-state index contributed by atoms with van der Waals surface area (Å²) in [7, 11) is 0. The van der Waals surface area contributed by atoms with Gasteiger partial charge in [-0.25, -0.2) is 19.4 Å². The molecule has 0 saturated heterocycles.